The Bertz CT molecular complexity index is 3200. The minimum atomic E-state index is -0.644. The Morgan fingerprint density at radius 3 is 1.30 bits per heavy atom. The van der Waals surface area contributed by atoms with Crippen molar-refractivity contribution in [3.8, 4) is 36.2 Å². The Morgan fingerprint density at radius 1 is 0.365 bits per heavy atom. The number of hydrogen-bond donors (Lipinski definition) is 3. The first-order valence-electron chi connectivity index (χ1n) is 19.4. The standard InChI is InChI=1S/C53H33N3O7/c1-3-33-8-19-44(20-9-33)54-49(57)38-6-5-7-41(29-38)52(60)63-48-25-18-36-28-39(16-14-37(36)32-48)50(58)56-46-23-26-47(27-24-46)62-53(61)42-17-13-35-12-15-40(30-43(35)31-42)51(59)55-45-21-10-34(4-2)11-22-45/h1-2,5-32H,(H,54,57)(H,55,59)(H,56,58). The average molecular weight is 824 g/mol. The van der Waals surface area contributed by atoms with Crippen LogP contribution in [0.4, 0.5) is 17.1 Å². The van der Waals surface area contributed by atoms with E-state index < -0.39 is 17.8 Å². The first-order valence-corrected chi connectivity index (χ1v) is 19.4. The van der Waals surface area contributed by atoms with Crippen LogP contribution < -0.4 is 25.4 Å². The van der Waals surface area contributed by atoms with Crippen molar-refractivity contribution in [2.45, 2.75) is 0 Å². The number of rotatable bonds is 10. The highest BCUT2D eigenvalue weighted by molar-refractivity contribution is 6.08. The Kier molecular flexibility index (Phi) is 11.5. The molecule has 3 amide bonds. The molecule has 63 heavy (non-hydrogen) atoms. The lowest BCUT2D eigenvalue weighted by Crippen LogP contribution is -2.14. The molecule has 0 heterocycles. The van der Waals surface area contributed by atoms with Crippen LogP contribution in [0.3, 0.4) is 0 Å². The Balaban J connectivity index is 0.857. The summed E-state index contributed by atoms with van der Waals surface area (Å²) >= 11 is 0. The lowest BCUT2D eigenvalue weighted by atomic mass is 10.0. The third-order valence-electron chi connectivity index (χ3n) is 9.92. The molecule has 0 fully saturated rings. The maximum absolute atomic E-state index is 13.2. The van der Waals surface area contributed by atoms with E-state index in [1.165, 1.54) is 6.07 Å². The van der Waals surface area contributed by atoms with E-state index in [0.717, 1.165) is 16.2 Å². The van der Waals surface area contributed by atoms with E-state index in [1.54, 1.807) is 164 Å². The topological polar surface area (TPSA) is 140 Å². The van der Waals surface area contributed by atoms with Crippen LogP contribution in [0.5, 0.6) is 11.5 Å². The number of benzene rings is 8. The predicted octanol–water partition coefficient (Wildman–Crippen LogP) is 10.2. The molecule has 0 atom stereocenters. The van der Waals surface area contributed by atoms with Crippen molar-refractivity contribution in [3.05, 3.63) is 209 Å². The van der Waals surface area contributed by atoms with Gasteiger partial charge in [0.2, 0.25) is 0 Å². The quantitative estimate of drug-likeness (QED) is 0.0709. The molecule has 0 aliphatic carbocycles. The van der Waals surface area contributed by atoms with E-state index in [9.17, 15) is 24.0 Å². The van der Waals surface area contributed by atoms with Crippen LogP contribution in [-0.2, 0) is 0 Å². The number of terminal acetylenes is 2. The van der Waals surface area contributed by atoms with Crippen LogP contribution in [0.2, 0.25) is 0 Å². The summed E-state index contributed by atoms with van der Waals surface area (Å²) in [5, 5.41) is 11.5. The van der Waals surface area contributed by atoms with Crippen molar-refractivity contribution in [2.75, 3.05) is 16.0 Å². The lowest BCUT2D eigenvalue weighted by molar-refractivity contribution is 0.0725. The van der Waals surface area contributed by atoms with Crippen LogP contribution in [0.1, 0.15) is 62.9 Å². The van der Waals surface area contributed by atoms with Gasteiger partial charge in [0.25, 0.3) is 17.7 Å². The molecule has 8 rings (SSSR count). The van der Waals surface area contributed by atoms with Crippen LogP contribution in [0.25, 0.3) is 21.5 Å². The first-order chi connectivity index (χ1) is 30.6. The number of esters is 2. The van der Waals surface area contributed by atoms with E-state index in [1.807, 2.05) is 0 Å². The van der Waals surface area contributed by atoms with Crippen LogP contribution in [0, 0.1) is 24.7 Å². The molecule has 3 N–H and O–H groups in total. The number of ether oxygens (including phenoxy) is 2. The fourth-order valence-electron chi connectivity index (χ4n) is 6.58. The zero-order valence-electron chi connectivity index (χ0n) is 33.2. The molecule has 0 aromatic heterocycles. The van der Waals surface area contributed by atoms with Crippen LogP contribution >= 0.6 is 0 Å². The maximum Gasteiger partial charge on any atom is 0.343 e. The highest BCUT2D eigenvalue weighted by atomic mass is 16.5. The maximum atomic E-state index is 13.2. The predicted molar refractivity (Wildman–Crippen MR) is 243 cm³/mol. The number of anilines is 3. The number of nitrogens with one attached hydrogen (secondary N) is 3. The molecule has 0 saturated heterocycles. The monoisotopic (exact) mass is 823 g/mol. The second kappa shape index (κ2) is 17.9. The van der Waals surface area contributed by atoms with Gasteiger partial charge in [-0.15, -0.1) is 12.8 Å². The van der Waals surface area contributed by atoms with Crippen molar-refractivity contribution in [2.24, 2.45) is 0 Å². The summed E-state index contributed by atoms with van der Waals surface area (Å²) in [5.41, 5.74) is 4.59. The average Bonchev–Trinajstić information content (AvgIpc) is 3.32. The van der Waals surface area contributed by atoms with Crippen molar-refractivity contribution in [3.63, 3.8) is 0 Å². The number of fused-ring (bicyclic) bond motifs is 2. The van der Waals surface area contributed by atoms with Gasteiger partial charge in [-0.05, 0) is 161 Å². The molecule has 10 heteroatoms. The SMILES string of the molecule is C#Cc1ccc(NC(=O)c2cccc(C(=O)Oc3ccc4cc(C(=O)Nc5ccc(OC(=O)c6ccc7ccc(C(=O)Nc8ccc(C#C)cc8)cc7c6)cc5)ccc4c3)c2)cc1. The van der Waals surface area contributed by atoms with Crippen LogP contribution in [0.15, 0.2) is 170 Å². The minimum absolute atomic E-state index is 0.192. The van der Waals surface area contributed by atoms with Gasteiger partial charge in [-0.2, -0.15) is 0 Å². The number of hydrogen-bond acceptors (Lipinski definition) is 7. The largest absolute Gasteiger partial charge is 0.423 e. The second-order valence-corrected chi connectivity index (χ2v) is 14.2. The molecule has 0 aliphatic heterocycles. The second-order valence-electron chi connectivity index (χ2n) is 14.2. The van der Waals surface area contributed by atoms with Crippen molar-refractivity contribution in [1.82, 2.24) is 0 Å². The summed E-state index contributed by atoms with van der Waals surface area (Å²) in [6.07, 6.45) is 10.8. The summed E-state index contributed by atoms with van der Waals surface area (Å²) in [6.45, 7) is 0. The molecule has 0 unspecified atom stereocenters. The Morgan fingerprint density at radius 2 is 0.746 bits per heavy atom. The lowest BCUT2D eigenvalue weighted by Gasteiger charge is -2.10. The van der Waals surface area contributed by atoms with E-state index in [2.05, 4.69) is 27.8 Å². The number of carbonyl (C=O) groups is 5. The van der Waals surface area contributed by atoms with E-state index in [4.69, 9.17) is 22.3 Å². The minimum Gasteiger partial charge on any atom is -0.423 e. The highest BCUT2D eigenvalue weighted by Gasteiger charge is 2.16. The van der Waals surface area contributed by atoms with E-state index in [-0.39, 0.29) is 34.4 Å². The fourth-order valence-corrected chi connectivity index (χ4v) is 6.58. The zero-order valence-corrected chi connectivity index (χ0v) is 33.2. The third kappa shape index (κ3) is 9.63. The molecule has 302 valence electrons. The smallest absolute Gasteiger partial charge is 0.343 e. The molecular formula is C53H33N3O7. The van der Waals surface area contributed by atoms with E-state index in [0.29, 0.717) is 50.3 Å². The third-order valence-corrected chi connectivity index (χ3v) is 9.92. The molecule has 0 saturated carbocycles. The molecule has 0 spiro atoms. The number of amides is 3. The molecule has 0 radical (unpaired) electrons. The van der Waals surface area contributed by atoms with Gasteiger partial charge in [-0.1, -0.05) is 42.2 Å². The summed E-state index contributed by atoms with van der Waals surface area (Å²) in [4.78, 5) is 65.2. The highest BCUT2D eigenvalue weighted by Crippen LogP contribution is 2.26. The van der Waals surface area contributed by atoms with Gasteiger partial charge in [0, 0.05) is 44.9 Å². The molecule has 0 aliphatic rings. The number of carbonyl (C=O) groups excluding carboxylic acids is 5. The summed E-state index contributed by atoms with van der Waals surface area (Å²) in [7, 11) is 0. The summed E-state index contributed by atoms with van der Waals surface area (Å²) in [5.74, 6) is 3.31. The molecule has 8 aromatic rings. The van der Waals surface area contributed by atoms with E-state index >= 15 is 0 Å². The molecule has 0 bridgehead atoms. The Hall–Kier alpha value is -9.25. The van der Waals surface area contributed by atoms with Gasteiger partial charge in [0.1, 0.15) is 11.5 Å². The molecule has 8 aromatic carbocycles. The Labute approximate surface area is 361 Å². The summed E-state index contributed by atoms with van der Waals surface area (Å²) in [6, 6.07) is 46.8. The van der Waals surface area contributed by atoms with Crippen LogP contribution in [-0.4, -0.2) is 29.7 Å². The van der Waals surface area contributed by atoms with Gasteiger partial charge in [-0.25, -0.2) is 9.59 Å². The van der Waals surface area contributed by atoms with Crippen molar-refractivity contribution >= 4 is 68.3 Å². The van der Waals surface area contributed by atoms with Crippen molar-refractivity contribution < 1.29 is 33.4 Å². The van der Waals surface area contributed by atoms with Gasteiger partial charge in [0.15, 0.2) is 0 Å². The van der Waals surface area contributed by atoms with Gasteiger partial charge in [0.05, 0.1) is 11.1 Å². The normalized spacial score (nSPS) is 10.5. The van der Waals surface area contributed by atoms with Gasteiger partial charge in [-0.3, -0.25) is 14.4 Å². The van der Waals surface area contributed by atoms with Gasteiger partial charge < -0.3 is 25.4 Å². The van der Waals surface area contributed by atoms with Gasteiger partial charge >= 0.3 is 11.9 Å². The molecule has 10 nitrogen and oxygen atoms in total. The fraction of sp³-hybridized carbons (Fsp3) is 0. The molecular weight excluding hydrogens is 791 g/mol. The van der Waals surface area contributed by atoms with Crippen molar-refractivity contribution in [1.29, 1.82) is 0 Å². The summed E-state index contributed by atoms with van der Waals surface area (Å²) < 4.78 is 11.3. The zero-order chi connectivity index (χ0) is 43.9. The first kappa shape index (κ1) is 40.5.